The molecule has 0 saturated heterocycles. The first-order valence-electron chi connectivity index (χ1n) is 5.72. The van der Waals surface area contributed by atoms with Crippen LogP contribution >= 0.6 is 0 Å². The fourth-order valence-corrected chi connectivity index (χ4v) is 1.63. The molecule has 82 valence electrons. The van der Waals surface area contributed by atoms with Gasteiger partial charge < -0.3 is 10.1 Å². The first kappa shape index (κ1) is 10.7. The van der Waals surface area contributed by atoms with Crippen molar-refractivity contribution >= 4 is 0 Å². The Bertz CT molecular complexity index is 282. The SMILES string of the molecule is CC(COCc1ccccc1)NC1CC1. The minimum Gasteiger partial charge on any atom is -0.375 e. The van der Waals surface area contributed by atoms with E-state index in [1.807, 2.05) is 18.2 Å². The molecule has 0 amide bonds. The van der Waals surface area contributed by atoms with Gasteiger partial charge in [-0.2, -0.15) is 0 Å². The van der Waals surface area contributed by atoms with Crippen LogP contribution in [0.1, 0.15) is 25.3 Å². The fraction of sp³-hybridized carbons (Fsp3) is 0.538. The number of nitrogens with one attached hydrogen (secondary N) is 1. The van der Waals surface area contributed by atoms with Gasteiger partial charge in [0.25, 0.3) is 0 Å². The quantitative estimate of drug-likeness (QED) is 0.769. The number of hydrogen-bond acceptors (Lipinski definition) is 2. The third-order valence-corrected chi connectivity index (χ3v) is 2.58. The van der Waals surface area contributed by atoms with E-state index in [1.165, 1.54) is 18.4 Å². The molecule has 2 nitrogen and oxygen atoms in total. The largest absolute Gasteiger partial charge is 0.375 e. The number of benzene rings is 1. The van der Waals surface area contributed by atoms with Crippen molar-refractivity contribution in [1.29, 1.82) is 0 Å². The molecular weight excluding hydrogens is 186 g/mol. The van der Waals surface area contributed by atoms with Crippen LogP contribution in [0.15, 0.2) is 30.3 Å². The van der Waals surface area contributed by atoms with Crippen LogP contribution in [0, 0.1) is 0 Å². The van der Waals surface area contributed by atoms with Crippen LogP contribution in [-0.2, 0) is 11.3 Å². The zero-order valence-corrected chi connectivity index (χ0v) is 9.28. The maximum Gasteiger partial charge on any atom is 0.0717 e. The van der Waals surface area contributed by atoms with Gasteiger partial charge in [0.2, 0.25) is 0 Å². The first-order chi connectivity index (χ1) is 7.34. The molecule has 0 radical (unpaired) electrons. The number of ether oxygens (including phenoxy) is 1. The summed E-state index contributed by atoms with van der Waals surface area (Å²) in [6.45, 7) is 3.70. The number of rotatable bonds is 6. The molecule has 15 heavy (non-hydrogen) atoms. The van der Waals surface area contributed by atoms with E-state index in [2.05, 4.69) is 24.4 Å². The molecule has 1 aromatic carbocycles. The van der Waals surface area contributed by atoms with Gasteiger partial charge in [-0.1, -0.05) is 30.3 Å². The van der Waals surface area contributed by atoms with Gasteiger partial charge in [0.1, 0.15) is 0 Å². The van der Waals surface area contributed by atoms with Crippen molar-refractivity contribution < 1.29 is 4.74 Å². The maximum atomic E-state index is 5.65. The van der Waals surface area contributed by atoms with E-state index in [0.29, 0.717) is 6.04 Å². The lowest BCUT2D eigenvalue weighted by Crippen LogP contribution is -2.32. The van der Waals surface area contributed by atoms with Crippen molar-refractivity contribution in [2.24, 2.45) is 0 Å². The summed E-state index contributed by atoms with van der Waals surface area (Å²) in [5.74, 6) is 0. The molecule has 1 aliphatic rings. The van der Waals surface area contributed by atoms with Crippen LogP contribution in [0.4, 0.5) is 0 Å². The van der Waals surface area contributed by atoms with Crippen LogP contribution in [0.2, 0.25) is 0 Å². The second-order valence-electron chi connectivity index (χ2n) is 4.34. The van der Waals surface area contributed by atoms with Gasteiger partial charge in [-0.3, -0.25) is 0 Å². The molecule has 1 unspecified atom stereocenters. The van der Waals surface area contributed by atoms with Gasteiger partial charge in [0.05, 0.1) is 13.2 Å². The lowest BCUT2D eigenvalue weighted by atomic mass is 10.2. The van der Waals surface area contributed by atoms with E-state index in [4.69, 9.17) is 4.74 Å². The summed E-state index contributed by atoms with van der Waals surface area (Å²) >= 11 is 0. The van der Waals surface area contributed by atoms with Crippen molar-refractivity contribution in [2.45, 2.75) is 38.5 Å². The molecule has 1 aromatic rings. The zero-order valence-electron chi connectivity index (χ0n) is 9.28. The van der Waals surface area contributed by atoms with Gasteiger partial charge in [-0.15, -0.1) is 0 Å². The molecule has 1 saturated carbocycles. The molecule has 1 atom stereocenters. The molecule has 0 spiro atoms. The van der Waals surface area contributed by atoms with Crippen molar-refractivity contribution in [3.8, 4) is 0 Å². The molecule has 2 rings (SSSR count). The van der Waals surface area contributed by atoms with Crippen molar-refractivity contribution in [2.75, 3.05) is 6.61 Å². The predicted molar refractivity (Wildman–Crippen MR) is 61.7 cm³/mol. The number of hydrogen-bond donors (Lipinski definition) is 1. The summed E-state index contributed by atoms with van der Waals surface area (Å²) in [7, 11) is 0. The maximum absolute atomic E-state index is 5.65. The van der Waals surface area contributed by atoms with Crippen LogP contribution in [0.25, 0.3) is 0 Å². The van der Waals surface area contributed by atoms with Crippen molar-refractivity contribution in [3.05, 3.63) is 35.9 Å². The third kappa shape index (κ3) is 4.02. The monoisotopic (exact) mass is 205 g/mol. The summed E-state index contributed by atoms with van der Waals surface area (Å²) in [5.41, 5.74) is 1.25. The molecule has 1 fully saturated rings. The minimum atomic E-state index is 0.473. The molecule has 1 N–H and O–H groups in total. The molecule has 2 heteroatoms. The second kappa shape index (κ2) is 5.29. The highest BCUT2D eigenvalue weighted by Crippen LogP contribution is 2.19. The Labute approximate surface area is 91.6 Å². The van der Waals surface area contributed by atoms with Gasteiger partial charge in [-0.05, 0) is 25.3 Å². The van der Waals surface area contributed by atoms with Crippen molar-refractivity contribution in [1.82, 2.24) is 5.32 Å². The highest BCUT2D eigenvalue weighted by Gasteiger charge is 2.22. The molecular formula is C13H19NO. The molecule has 0 heterocycles. The lowest BCUT2D eigenvalue weighted by Gasteiger charge is -2.13. The van der Waals surface area contributed by atoms with E-state index in [-0.39, 0.29) is 0 Å². The highest BCUT2D eigenvalue weighted by atomic mass is 16.5. The van der Waals surface area contributed by atoms with E-state index >= 15 is 0 Å². The van der Waals surface area contributed by atoms with E-state index in [0.717, 1.165) is 19.3 Å². The smallest absolute Gasteiger partial charge is 0.0717 e. The Morgan fingerprint density at radius 3 is 2.73 bits per heavy atom. The highest BCUT2D eigenvalue weighted by molar-refractivity contribution is 5.13. The first-order valence-corrected chi connectivity index (χ1v) is 5.72. The van der Waals surface area contributed by atoms with E-state index in [1.54, 1.807) is 0 Å². The molecule has 1 aliphatic carbocycles. The standard InChI is InChI=1S/C13H19NO/c1-11(14-13-7-8-13)9-15-10-12-5-3-2-4-6-12/h2-6,11,13-14H,7-10H2,1H3. The van der Waals surface area contributed by atoms with Crippen LogP contribution in [0.5, 0.6) is 0 Å². The Kier molecular flexibility index (Phi) is 3.75. The summed E-state index contributed by atoms with van der Waals surface area (Å²) < 4.78 is 5.65. The second-order valence-corrected chi connectivity index (χ2v) is 4.34. The minimum absolute atomic E-state index is 0.473. The van der Waals surface area contributed by atoms with Crippen molar-refractivity contribution in [3.63, 3.8) is 0 Å². The average Bonchev–Trinajstić information content (AvgIpc) is 3.03. The average molecular weight is 205 g/mol. The van der Waals surface area contributed by atoms with Gasteiger partial charge in [0, 0.05) is 12.1 Å². The fourth-order valence-electron chi connectivity index (χ4n) is 1.63. The van der Waals surface area contributed by atoms with Crippen LogP contribution in [-0.4, -0.2) is 18.7 Å². The summed E-state index contributed by atoms with van der Waals surface area (Å²) in [4.78, 5) is 0. The van der Waals surface area contributed by atoms with E-state index < -0.39 is 0 Å². The normalized spacial score (nSPS) is 17.7. The Morgan fingerprint density at radius 1 is 1.33 bits per heavy atom. The Morgan fingerprint density at radius 2 is 2.07 bits per heavy atom. The summed E-state index contributed by atoms with van der Waals surface area (Å²) in [6, 6.07) is 11.6. The topological polar surface area (TPSA) is 21.3 Å². The summed E-state index contributed by atoms with van der Waals surface area (Å²) in [5, 5.41) is 3.52. The molecule has 0 bridgehead atoms. The van der Waals surface area contributed by atoms with Crippen LogP contribution < -0.4 is 5.32 Å². The molecule has 0 aliphatic heterocycles. The van der Waals surface area contributed by atoms with Crippen LogP contribution in [0.3, 0.4) is 0 Å². The third-order valence-electron chi connectivity index (χ3n) is 2.58. The molecule has 0 aromatic heterocycles. The van der Waals surface area contributed by atoms with E-state index in [9.17, 15) is 0 Å². The van der Waals surface area contributed by atoms with Gasteiger partial charge in [0.15, 0.2) is 0 Å². The predicted octanol–water partition coefficient (Wildman–Crippen LogP) is 2.34. The zero-order chi connectivity index (χ0) is 10.5. The summed E-state index contributed by atoms with van der Waals surface area (Å²) in [6.07, 6.45) is 2.67. The van der Waals surface area contributed by atoms with Gasteiger partial charge >= 0.3 is 0 Å². The lowest BCUT2D eigenvalue weighted by molar-refractivity contribution is 0.102. The van der Waals surface area contributed by atoms with Gasteiger partial charge in [-0.25, -0.2) is 0 Å². The Hall–Kier alpha value is -0.860. The Balaban J connectivity index is 1.61.